The zero-order chi connectivity index (χ0) is 16.6. The number of nitrogens with two attached hydrogens (primary N) is 1. The van der Waals surface area contributed by atoms with Crippen LogP contribution in [0, 0.1) is 11.3 Å². The van der Waals surface area contributed by atoms with Crippen molar-refractivity contribution in [1.82, 2.24) is 4.72 Å². The molecule has 0 heterocycles. The van der Waals surface area contributed by atoms with Gasteiger partial charge in [0.05, 0.1) is 11.7 Å². The maximum atomic E-state index is 12.1. The van der Waals surface area contributed by atoms with Crippen LogP contribution >= 0.6 is 0 Å². The molecule has 0 aromatic heterocycles. The van der Waals surface area contributed by atoms with Gasteiger partial charge in [0.2, 0.25) is 15.9 Å². The van der Waals surface area contributed by atoms with E-state index in [1.807, 2.05) is 4.72 Å². The van der Waals surface area contributed by atoms with E-state index in [4.69, 9.17) is 5.73 Å². The lowest BCUT2D eigenvalue weighted by Crippen LogP contribution is -2.47. The maximum Gasteiger partial charge on any atom is 0.389 e. The van der Waals surface area contributed by atoms with Crippen LogP contribution in [0.1, 0.15) is 44.9 Å². The minimum absolute atomic E-state index is 0.137. The van der Waals surface area contributed by atoms with Crippen molar-refractivity contribution in [1.29, 1.82) is 0 Å². The molecule has 2 aliphatic rings. The summed E-state index contributed by atoms with van der Waals surface area (Å²) in [5.41, 5.74) is 6.04. The Kier molecular flexibility index (Phi) is 4.77. The molecule has 2 aliphatic carbocycles. The van der Waals surface area contributed by atoms with Crippen LogP contribution in [-0.2, 0) is 14.8 Å². The molecule has 0 aromatic rings. The van der Waals surface area contributed by atoms with Gasteiger partial charge >= 0.3 is 6.18 Å². The Morgan fingerprint density at radius 3 is 2.45 bits per heavy atom. The number of carbonyl (C=O) groups excluding carboxylic acids is 1. The van der Waals surface area contributed by atoms with Gasteiger partial charge in [0.25, 0.3) is 0 Å². The highest BCUT2D eigenvalue weighted by Gasteiger charge is 2.50. The fourth-order valence-corrected chi connectivity index (χ4v) is 4.14. The second-order valence-corrected chi connectivity index (χ2v) is 8.36. The first-order valence-electron chi connectivity index (χ1n) is 7.39. The standard InChI is InChI=1S/C13H21F3N2O3S/c14-13(15,16)3-1-7-22(20,21)18-11(19)9-8-12(5-6-12)4-2-10(9)17/h9-10H,1-8,17H2,(H,18,19). The van der Waals surface area contributed by atoms with Crippen LogP contribution in [0.2, 0.25) is 0 Å². The molecule has 5 nitrogen and oxygen atoms in total. The average Bonchev–Trinajstić information content (AvgIpc) is 3.10. The van der Waals surface area contributed by atoms with Gasteiger partial charge in [0.1, 0.15) is 0 Å². The third-order valence-corrected chi connectivity index (χ3v) is 5.94. The largest absolute Gasteiger partial charge is 0.389 e. The zero-order valence-electron chi connectivity index (χ0n) is 12.2. The Bertz CT molecular complexity index is 529. The zero-order valence-corrected chi connectivity index (χ0v) is 13.0. The van der Waals surface area contributed by atoms with E-state index in [1.165, 1.54) is 0 Å². The number of halogens is 3. The molecule has 2 unspecified atom stereocenters. The molecule has 0 bridgehead atoms. The number of hydrogen-bond donors (Lipinski definition) is 2. The number of amides is 1. The molecule has 2 fully saturated rings. The van der Waals surface area contributed by atoms with Gasteiger partial charge in [-0.3, -0.25) is 9.52 Å². The lowest BCUT2D eigenvalue weighted by atomic mass is 9.76. The molecule has 0 aliphatic heterocycles. The van der Waals surface area contributed by atoms with Crippen molar-refractivity contribution in [3.8, 4) is 0 Å². The van der Waals surface area contributed by atoms with E-state index in [9.17, 15) is 26.4 Å². The molecule has 0 radical (unpaired) electrons. The third-order valence-electron chi connectivity index (χ3n) is 4.60. The summed E-state index contributed by atoms with van der Waals surface area (Å²) in [6.07, 6.45) is -1.89. The SMILES string of the molecule is NC1CCC2(CC2)CC1C(=O)NS(=O)(=O)CCCC(F)(F)F. The number of rotatable bonds is 5. The van der Waals surface area contributed by atoms with Crippen LogP contribution in [0.15, 0.2) is 0 Å². The van der Waals surface area contributed by atoms with Gasteiger partial charge in [-0.15, -0.1) is 0 Å². The molecule has 1 amide bonds. The molecule has 0 aromatic carbocycles. The normalized spacial score (nSPS) is 27.6. The summed E-state index contributed by atoms with van der Waals surface area (Å²) in [7, 11) is -4.05. The fraction of sp³-hybridized carbons (Fsp3) is 0.923. The van der Waals surface area contributed by atoms with Crippen molar-refractivity contribution in [2.24, 2.45) is 17.1 Å². The van der Waals surface area contributed by atoms with Gasteiger partial charge in [-0.25, -0.2) is 8.42 Å². The van der Waals surface area contributed by atoms with Crippen LogP contribution in [0.3, 0.4) is 0 Å². The van der Waals surface area contributed by atoms with Crippen LogP contribution in [0.4, 0.5) is 13.2 Å². The Labute approximate surface area is 127 Å². The van der Waals surface area contributed by atoms with Crippen LogP contribution in [0.25, 0.3) is 0 Å². The van der Waals surface area contributed by atoms with Gasteiger partial charge in [0, 0.05) is 12.5 Å². The third kappa shape index (κ3) is 4.84. The van der Waals surface area contributed by atoms with Gasteiger partial charge in [0.15, 0.2) is 0 Å². The summed E-state index contributed by atoms with van der Waals surface area (Å²) in [6, 6.07) is -0.392. The highest BCUT2D eigenvalue weighted by atomic mass is 32.2. The molecular formula is C13H21F3N2O3S. The van der Waals surface area contributed by atoms with Crippen molar-refractivity contribution in [3.05, 3.63) is 0 Å². The number of alkyl halides is 3. The van der Waals surface area contributed by atoms with Gasteiger partial charge < -0.3 is 5.73 Å². The number of hydrogen-bond acceptors (Lipinski definition) is 4. The lowest BCUT2D eigenvalue weighted by Gasteiger charge is -2.33. The summed E-state index contributed by atoms with van der Waals surface area (Å²) in [6.45, 7) is 0. The summed E-state index contributed by atoms with van der Waals surface area (Å²) in [5.74, 6) is -1.97. The van der Waals surface area contributed by atoms with E-state index in [0.29, 0.717) is 12.8 Å². The molecule has 1 spiro atoms. The number of nitrogens with one attached hydrogen (secondary N) is 1. The minimum atomic E-state index is -4.40. The van der Waals surface area contributed by atoms with Crippen molar-refractivity contribution in [2.75, 3.05) is 5.75 Å². The Hall–Kier alpha value is -0.830. The molecule has 2 rings (SSSR count). The number of sulfonamides is 1. The van der Waals surface area contributed by atoms with E-state index in [1.54, 1.807) is 0 Å². The summed E-state index contributed by atoms with van der Waals surface area (Å²) < 4.78 is 61.4. The highest BCUT2D eigenvalue weighted by molar-refractivity contribution is 7.90. The predicted molar refractivity (Wildman–Crippen MR) is 74.2 cm³/mol. The monoisotopic (exact) mass is 342 g/mol. The van der Waals surface area contributed by atoms with E-state index >= 15 is 0 Å². The first-order chi connectivity index (χ1) is 10.0. The molecule has 128 valence electrons. The molecular weight excluding hydrogens is 321 g/mol. The summed E-state index contributed by atoms with van der Waals surface area (Å²) >= 11 is 0. The molecule has 3 N–H and O–H groups in total. The molecule has 2 atom stereocenters. The lowest BCUT2D eigenvalue weighted by molar-refractivity contribution is -0.134. The van der Waals surface area contributed by atoms with Crippen molar-refractivity contribution in [3.63, 3.8) is 0 Å². The summed E-state index contributed by atoms with van der Waals surface area (Å²) in [5, 5.41) is 0. The Morgan fingerprint density at radius 1 is 1.27 bits per heavy atom. The second kappa shape index (κ2) is 5.99. The first-order valence-corrected chi connectivity index (χ1v) is 9.04. The maximum absolute atomic E-state index is 12.1. The molecule has 0 saturated heterocycles. The predicted octanol–water partition coefficient (Wildman–Crippen LogP) is 1.68. The van der Waals surface area contributed by atoms with Crippen molar-refractivity contribution >= 4 is 15.9 Å². The Balaban J connectivity index is 1.87. The highest BCUT2D eigenvalue weighted by Crippen LogP contribution is 2.57. The summed E-state index contributed by atoms with van der Waals surface area (Å²) in [4.78, 5) is 12.1. The van der Waals surface area contributed by atoms with E-state index in [-0.39, 0.29) is 5.41 Å². The van der Waals surface area contributed by atoms with E-state index in [2.05, 4.69) is 0 Å². The average molecular weight is 342 g/mol. The van der Waals surface area contributed by atoms with Gasteiger partial charge in [-0.2, -0.15) is 13.2 Å². The fourth-order valence-electron chi connectivity index (χ4n) is 3.05. The van der Waals surface area contributed by atoms with Gasteiger partial charge in [-0.1, -0.05) is 0 Å². The quantitative estimate of drug-likeness (QED) is 0.795. The van der Waals surface area contributed by atoms with Crippen LogP contribution < -0.4 is 10.5 Å². The molecule has 9 heteroatoms. The van der Waals surface area contributed by atoms with Crippen molar-refractivity contribution in [2.45, 2.75) is 57.2 Å². The van der Waals surface area contributed by atoms with Crippen molar-refractivity contribution < 1.29 is 26.4 Å². The smallest absolute Gasteiger partial charge is 0.327 e. The van der Waals surface area contributed by atoms with Gasteiger partial charge in [-0.05, 0) is 43.9 Å². The minimum Gasteiger partial charge on any atom is -0.327 e. The topological polar surface area (TPSA) is 89.3 Å². The molecule has 2 saturated carbocycles. The first kappa shape index (κ1) is 17.5. The van der Waals surface area contributed by atoms with E-state index < -0.39 is 52.7 Å². The van der Waals surface area contributed by atoms with E-state index in [0.717, 1.165) is 19.3 Å². The van der Waals surface area contributed by atoms with Crippen LogP contribution in [0.5, 0.6) is 0 Å². The second-order valence-electron chi connectivity index (χ2n) is 6.52. The van der Waals surface area contributed by atoms with Crippen LogP contribution in [-0.4, -0.2) is 32.3 Å². The number of carbonyl (C=O) groups is 1. The Morgan fingerprint density at radius 2 is 1.91 bits per heavy atom. The molecule has 22 heavy (non-hydrogen) atoms.